The maximum atomic E-state index is 9.35. The van der Waals surface area contributed by atoms with Gasteiger partial charge in [0.1, 0.15) is 0 Å². The highest BCUT2D eigenvalue weighted by atomic mass is 16.3. The maximum absolute atomic E-state index is 9.35. The summed E-state index contributed by atoms with van der Waals surface area (Å²) >= 11 is 0. The number of likely N-dealkylation sites (N-methyl/N-ethyl adjacent to an activating group) is 1. The van der Waals surface area contributed by atoms with Crippen LogP contribution in [0.1, 0.15) is 18.9 Å². The monoisotopic (exact) mass is 235 g/mol. The van der Waals surface area contributed by atoms with Gasteiger partial charge in [-0.1, -0.05) is 6.92 Å². The summed E-state index contributed by atoms with van der Waals surface area (Å²) in [6, 6.07) is 2.60. The fourth-order valence-corrected chi connectivity index (χ4v) is 2.46. The lowest BCUT2D eigenvalue weighted by Crippen LogP contribution is -2.51. The highest BCUT2D eigenvalue weighted by molar-refractivity contribution is 5.52. The Kier molecular flexibility index (Phi) is 3.97. The van der Waals surface area contributed by atoms with Gasteiger partial charge in [-0.3, -0.25) is 9.88 Å². The average molecular weight is 235 g/mol. The molecule has 1 atom stereocenters. The zero-order valence-corrected chi connectivity index (χ0v) is 10.6. The Morgan fingerprint density at radius 1 is 1.47 bits per heavy atom. The van der Waals surface area contributed by atoms with E-state index in [0.29, 0.717) is 6.04 Å². The van der Waals surface area contributed by atoms with Crippen LogP contribution >= 0.6 is 0 Å². The third-order valence-corrected chi connectivity index (χ3v) is 3.64. The Bertz CT molecular complexity index is 369. The van der Waals surface area contributed by atoms with Crippen LogP contribution in [0.3, 0.4) is 0 Å². The largest absolute Gasteiger partial charge is 0.392 e. The van der Waals surface area contributed by atoms with E-state index in [1.165, 1.54) is 0 Å². The molecule has 1 aliphatic heterocycles. The summed E-state index contributed by atoms with van der Waals surface area (Å²) in [5.41, 5.74) is 2.06. The van der Waals surface area contributed by atoms with E-state index in [-0.39, 0.29) is 6.61 Å². The predicted octanol–water partition coefficient (Wildman–Crippen LogP) is 1.10. The minimum Gasteiger partial charge on any atom is -0.392 e. The van der Waals surface area contributed by atoms with Crippen molar-refractivity contribution in [3.05, 3.63) is 24.0 Å². The number of piperazine rings is 1. The lowest BCUT2D eigenvalue weighted by atomic mass is 10.1. The number of hydrogen-bond donors (Lipinski definition) is 1. The summed E-state index contributed by atoms with van der Waals surface area (Å²) in [6.45, 7) is 5.41. The summed E-state index contributed by atoms with van der Waals surface area (Å²) in [5.74, 6) is 0. The van der Waals surface area contributed by atoms with E-state index in [1.807, 2.05) is 6.07 Å². The lowest BCUT2D eigenvalue weighted by Gasteiger charge is -2.40. The zero-order valence-electron chi connectivity index (χ0n) is 10.6. The van der Waals surface area contributed by atoms with Crippen molar-refractivity contribution in [2.24, 2.45) is 0 Å². The van der Waals surface area contributed by atoms with Crippen molar-refractivity contribution >= 4 is 5.69 Å². The molecule has 0 bridgehead atoms. The Balaban J connectivity index is 2.17. The molecule has 0 radical (unpaired) electrons. The van der Waals surface area contributed by atoms with E-state index >= 15 is 0 Å². The number of hydrogen-bond acceptors (Lipinski definition) is 4. The van der Waals surface area contributed by atoms with Gasteiger partial charge in [0.15, 0.2) is 0 Å². The van der Waals surface area contributed by atoms with Crippen molar-refractivity contribution in [3.8, 4) is 0 Å². The lowest BCUT2D eigenvalue weighted by molar-refractivity contribution is 0.212. The van der Waals surface area contributed by atoms with Gasteiger partial charge in [-0.05, 0) is 19.5 Å². The first-order valence-electron chi connectivity index (χ1n) is 6.25. The van der Waals surface area contributed by atoms with Crippen LogP contribution in [0.2, 0.25) is 0 Å². The molecule has 2 heterocycles. The van der Waals surface area contributed by atoms with Gasteiger partial charge in [-0.2, -0.15) is 0 Å². The maximum Gasteiger partial charge on any atom is 0.0717 e. The van der Waals surface area contributed by atoms with E-state index in [1.54, 1.807) is 12.4 Å². The molecule has 0 aromatic carbocycles. The first-order chi connectivity index (χ1) is 8.26. The van der Waals surface area contributed by atoms with Crippen LogP contribution in [0.25, 0.3) is 0 Å². The number of rotatable bonds is 3. The van der Waals surface area contributed by atoms with Crippen LogP contribution < -0.4 is 4.90 Å². The van der Waals surface area contributed by atoms with E-state index in [0.717, 1.165) is 37.3 Å². The molecule has 1 aliphatic rings. The van der Waals surface area contributed by atoms with Crippen LogP contribution in [-0.4, -0.2) is 47.7 Å². The van der Waals surface area contributed by atoms with Gasteiger partial charge in [-0.25, -0.2) is 0 Å². The molecule has 1 fully saturated rings. The topological polar surface area (TPSA) is 39.6 Å². The number of anilines is 1. The first kappa shape index (κ1) is 12.3. The smallest absolute Gasteiger partial charge is 0.0717 e. The molecule has 17 heavy (non-hydrogen) atoms. The molecule has 1 saturated heterocycles. The molecule has 0 amide bonds. The fourth-order valence-electron chi connectivity index (χ4n) is 2.46. The highest BCUT2D eigenvalue weighted by Gasteiger charge is 2.24. The molecule has 1 aromatic heterocycles. The predicted molar refractivity (Wildman–Crippen MR) is 69.1 cm³/mol. The van der Waals surface area contributed by atoms with E-state index in [2.05, 4.69) is 28.8 Å². The van der Waals surface area contributed by atoms with Gasteiger partial charge >= 0.3 is 0 Å². The second-order valence-corrected chi connectivity index (χ2v) is 4.65. The van der Waals surface area contributed by atoms with Crippen LogP contribution in [-0.2, 0) is 6.61 Å². The minimum absolute atomic E-state index is 0.0618. The molecular formula is C13H21N3O. The summed E-state index contributed by atoms with van der Waals surface area (Å²) in [5, 5.41) is 9.35. The van der Waals surface area contributed by atoms with E-state index in [4.69, 9.17) is 0 Å². The van der Waals surface area contributed by atoms with Crippen molar-refractivity contribution in [3.63, 3.8) is 0 Å². The molecule has 0 saturated carbocycles. The van der Waals surface area contributed by atoms with Crippen molar-refractivity contribution in [2.45, 2.75) is 26.0 Å². The molecule has 1 aromatic rings. The third kappa shape index (κ3) is 2.58. The Morgan fingerprint density at radius 3 is 3.00 bits per heavy atom. The number of nitrogens with zero attached hydrogens (tertiary/aromatic N) is 3. The number of aromatic nitrogens is 1. The van der Waals surface area contributed by atoms with Gasteiger partial charge in [0, 0.05) is 49.3 Å². The second-order valence-electron chi connectivity index (χ2n) is 4.65. The summed E-state index contributed by atoms with van der Waals surface area (Å²) in [4.78, 5) is 8.84. The average Bonchev–Trinajstić information content (AvgIpc) is 2.39. The number of pyridine rings is 1. The number of aliphatic hydroxyl groups excluding tert-OH is 1. The molecule has 1 unspecified atom stereocenters. The molecule has 1 N–H and O–H groups in total. The van der Waals surface area contributed by atoms with Crippen molar-refractivity contribution in [1.29, 1.82) is 0 Å². The van der Waals surface area contributed by atoms with Crippen molar-refractivity contribution in [1.82, 2.24) is 9.88 Å². The van der Waals surface area contributed by atoms with Crippen LogP contribution in [0.5, 0.6) is 0 Å². The number of aliphatic hydroxyl groups is 1. The van der Waals surface area contributed by atoms with Crippen LogP contribution in [0.4, 0.5) is 5.69 Å². The van der Waals surface area contributed by atoms with Gasteiger partial charge in [0.25, 0.3) is 0 Å². The van der Waals surface area contributed by atoms with Crippen LogP contribution in [0.15, 0.2) is 18.5 Å². The summed E-state index contributed by atoms with van der Waals surface area (Å²) in [6.07, 6.45) is 4.72. The van der Waals surface area contributed by atoms with E-state index < -0.39 is 0 Å². The molecule has 0 aliphatic carbocycles. The Morgan fingerprint density at radius 2 is 2.29 bits per heavy atom. The molecule has 94 valence electrons. The minimum atomic E-state index is 0.0618. The zero-order chi connectivity index (χ0) is 12.3. The second kappa shape index (κ2) is 5.47. The van der Waals surface area contributed by atoms with E-state index in [9.17, 15) is 5.11 Å². The molecule has 0 spiro atoms. The van der Waals surface area contributed by atoms with Gasteiger partial charge < -0.3 is 10.0 Å². The summed E-state index contributed by atoms with van der Waals surface area (Å²) in [7, 11) is 2.19. The summed E-state index contributed by atoms with van der Waals surface area (Å²) < 4.78 is 0. The SMILES string of the molecule is CCC1CN(c2ccncc2CO)CCN1C. The highest BCUT2D eigenvalue weighted by Crippen LogP contribution is 2.23. The quantitative estimate of drug-likeness (QED) is 0.852. The molecule has 4 nitrogen and oxygen atoms in total. The first-order valence-corrected chi connectivity index (χ1v) is 6.25. The van der Waals surface area contributed by atoms with Gasteiger partial charge in [-0.15, -0.1) is 0 Å². The van der Waals surface area contributed by atoms with Crippen molar-refractivity contribution < 1.29 is 5.11 Å². The fraction of sp³-hybridized carbons (Fsp3) is 0.615. The Hall–Kier alpha value is -1.13. The standard InChI is InChI=1S/C13H21N3O/c1-3-12-9-16(7-6-15(12)2)13-4-5-14-8-11(13)10-17/h4-5,8,12,17H,3,6-7,9-10H2,1-2H3. The van der Waals surface area contributed by atoms with Crippen molar-refractivity contribution in [2.75, 3.05) is 31.6 Å². The third-order valence-electron chi connectivity index (χ3n) is 3.64. The van der Waals surface area contributed by atoms with Crippen LogP contribution in [0, 0.1) is 0 Å². The Labute approximate surface area is 103 Å². The van der Waals surface area contributed by atoms with Gasteiger partial charge in [0.2, 0.25) is 0 Å². The molecule has 4 heteroatoms. The van der Waals surface area contributed by atoms with Gasteiger partial charge in [0.05, 0.1) is 6.61 Å². The molecular weight excluding hydrogens is 214 g/mol. The molecule has 2 rings (SSSR count). The normalized spacial score (nSPS) is 21.8.